The molecule has 0 fully saturated rings. The maximum absolute atomic E-state index is 14.0. The van der Waals surface area contributed by atoms with E-state index in [1.807, 2.05) is 37.3 Å². The van der Waals surface area contributed by atoms with Gasteiger partial charge < -0.3 is 0 Å². The Bertz CT molecular complexity index is 602. The maximum atomic E-state index is 14.0. The van der Waals surface area contributed by atoms with E-state index in [0.717, 1.165) is 11.6 Å². The first-order valence-corrected chi connectivity index (χ1v) is 6.74. The van der Waals surface area contributed by atoms with Gasteiger partial charge in [0.05, 0.1) is 6.04 Å². The van der Waals surface area contributed by atoms with Crippen molar-refractivity contribution in [1.82, 2.24) is 5.43 Å². The van der Waals surface area contributed by atoms with Crippen LogP contribution in [0.5, 0.6) is 0 Å². The summed E-state index contributed by atoms with van der Waals surface area (Å²) in [5.41, 5.74) is 3.50. The minimum absolute atomic E-state index is 0.0205. The molecule has 2 rings (SSSR count). The summed E-state index contributed by atoms with van der Waals surface area (Å²) in [7, 11) is 0. The summed E-state index contributed by atoms with van der Waals surface area (Å²) in [5, 5.41) is 0. The average Bonchev–Trinajstić information content (AvgIpc) is 2.52. The van der Waals surface area contributed by atoms with E-state index in [9.17, 15) is 13.2 Å². The van der Waals surface area contributed by atoms with Crippen molar-refractivity contribution in [3.05, 3.63) is 71.0 Å². The van der Waals surface area contributed by atoms with Gasteiger partial charge >= 0.3 is 0 Å². The molecule has 21 heavy (non-hydrogen) atoms. The SMILES string of the molecule is CCC(c1ccccc1)C(NN)c1ccc(F)c(F)c1F. The fraction of sp³-hybridized carbons (Fsp3) is 0.250. The molecule has 0 aliphatic rings. The Kier molecular flexibility index (Phi) is 4.98. The van der Waals surface area contributed by atoms with Crippen LogP contribution in [0.3, 0.4) is 0 Å². The minimum Gasteiger partial charge on any atom is -0.271 e. The van der Waals surface area contributed by atoms with E-state index in [4.69, 9.17) is 5.84 Å². The molecular formula is C16H17F3N2. The predicted octanol–water partition coefficient (Wildman–Crippen LogP) is 3.80. The van der Waals surface area contributed by atoms with Crippen molar-refractivity contribution in [1.29, 1.82) is 0 Å². The molecule has 0 aliphatic carbocycles. The lowest BCUT2D eigenvalue weighted by Crippen LogP contribution is -2.33. The van der Waals surface area contributed by atoms with Crippen molar-refractivity contribution in [3.63, 3.8) is 0 Å². The van der Waals surface area contributed by atoms with Crippen LogP contribution in [-0.4, -0.2) is 0 Å². The van der Waals surface area contributed by atoms with Crippen molar-refractivity contribution in [2.24, 2.45) is 5.84 Å². The monoisotopic (exact) mass is 294 g/mol. The molecule has 0 saturated heterocycles. The lowest BCUT2D eigenvalue weighted by Gasteiger charge is -2.27. The van der Waals surface area contributed by atoms with Gasteiger partial charge in [-0.25, -0.2) is 13.2 Å². The average molecular weight is 294 g/mol. The molecule has 0 aliphatic heterocycles. The highest BCUT2D eigenvalue weighted by molar-refractivity contribution is 5.30. The van der Waals surface area contributed by atoms with Gasteiger partial charge in [-0.05, 0) is 18.1 Å². The molecule has 0 bridgehead atoms. The summed E-state index contributed by atoms with van der Waals surface area (Å²) in [4.78, 5) is 0. The van der Waals surface area contributed by atoms with Crippen LogP contribution in [-0.2, 0) is 0 Å². The van der Waals surface area contributed by atoms with Crippen molar-refractivity contribution < 1.29 is 13.2 Å². The van der Waals surface area contributed by atoms with E-state index in [2.05, 4.69) is 5.43 Å². The molecule has 2 aromatic carbocycles. The van der Waals surface area contributed by atoms with Gasteiger partial charge in [-0.15, -0.1) is 0 Å². The van der Waals surface area contributed by atoms with Crippen LogP contribution in [0.1, 0.15) is 36.4 Å². The van der Waals surface area contributed by atoms with Crippen LogP contribution < -0.4 is 11.3 Å². The van der Waals surface area contributed by atoms with Crippen LogP contribution in [0, 0.1) is 17.5 Å². The first-order chi connectivity index (χ1) is 10.1. The van der Waals surface area contributed by atoms with Crippen LogP contribution in [0.4, 0.5) is 13.2 Å². The standard InChI is InChI=1S/C16H17F3N2/c1-2-11(10-6-4-3-5-7-10)16(21-20)12-8-9-13(17)15(19)14(12)18/h3-9,11,16,21H,2,20H2,1H3. The molecule has 3 N–H and O–H groups in total. The first-order valence-electron chi connectivity index (χ1n) is 6.74. The molecule has 2 unspecified atom stereocenters. The van der Waals surface area contributed by atoms with E-state index in [0.29, 0.717) is 6.42 Å². The zero-order valence-electron chi connectivity index (χ0n) is 11.6. The number of rotatable bonds is 5. The predicted molar refractivity (Wildman–Crippen MR) is 75.9 cm³/mol. The zero-order valence-corrected chi connectivity index (χ0v) is 11.6. The Morgan fingerprint density at radius 2 is 1.67 bits per heavy atom. The lowest BCUT2D eigenvalue weighted by atomic mass is 9.85. The molecule has 112 valence electrons. The Labute approximate surface area is 121 Å². The van der Waals surface area contributed by atoms with Crippen LogP contribution in [0.25, 0.3) is 0 Å². The highest BCUT2D eigenvalue weighted by atomic mass is 19.2. The number of halogens is 3. The van der Waals surface area contributed by atoms with Gasteiger partial charge in [-0.1, -0.05) is 43.3 Å². The number of nitrogens with two attached hydrogens (primary N) is 1. The molecule has 0 radical (unpaired) electrons. The smallest absolute Gasteiger partial charge is 0.194 e. The van der Waals surface area contributed by atoms with E-state index >= 15 is 0 Å². The molecule has 0 heterocycles. The highest BCUT2D eigenvalue weighted by Crippen LogP contribution is 2.35. The van der Waals surface area contributed by atoms with Crippen LogP contribution >= 0.6 is 0 Å². The van der Waals surface area contributed by atoms with Gasteiger partial charge in [0.1, 0.15) is 0 Å². The van der Waals surface area contributed by atoms with E-state index in [1.165, 1.54) is 6.07 Å². The Balaban J connectivity index is 2.45. The number of hydrogen-bond donors (Lipinski definition) is 2. The lowest BCUT2D eigenvalue weighted by molar-refractivity contribution is 0.397. The van der Waals surface area contributed by atoms with Gasteiger partial charge in [0.25, 0.3) is 0 Å². The number of hydrazine groups is 1. The number of benzene rings is 2. The summed E-state index contributed by atoms with van der Waals surface area (Å²) >= 11 is 0. The fourth-order valence-electron chi connectivity index (χ4n) is 2.57. The van der Waals surface area contributed by atoms with Gasteiger partial charge in [0.2, 0.25) is 0 Å². The van der Waals surface area contributed by atoms with E-state index < -0.39 is 23.5 Å². The molecular weight excluding hydrogens is 277 g/mol. The molecule has 2 aromatic rings. The van der Waals surface area contributed by atoms with Crippen molar-refractivity contribution in [3.8, 4) is 0 Å². The minimum atomic E-state index is -1.48. The Morgan fingerprint density at radius 1 is 1.00 bits per heavy atom. The number of hydrogen-bond acceptors (Lipinski definition) is 2. The third-order valence-corrected chi connectivity index (χ3v) is 3.65. The molecule has 5 heteroatoms. The Morgan fingerprint density at radius 3 is 2.24 bits per heavy atom. The van der Waals surface area contributed by atoms with Crippen molar-refractivity contribution in [2.45, 2.75) is 25.3 Å². The molecule has 2 nitrogen and oxygen atoms in total. The normalized spacial score (nSPS) is 14.0. The highest BCUT2D eigenvalue weighted by Gasteiger charge is 2.27. The molecule has 0 aromatic heterocycles. The van der Waals surface area contributed by atoms with Crippen LogP contribution in [0.2, 0.25) is 0 Å². The van der Waals surface area contributed by atoms with Gasteiger partial charge in [-0.2, -0.15) is 0 Å². The van der Waals surface area contributed by atoms with Crippen LogP contribution in [0.15, 0.2) is 42.5 Å². The third kappa shape index (κ3) is 3.09. The van der Waals surface area contributed by atoms with Gasteiger partial charge in [-0.3, -0.25) is 11.3 Å². The van der Waals surface area contributed by atoms with Crippen molar-refractivity contribution in [2.75, 3.05) is 0 Å². The topological polar surface area (TPSA) is 38.0 Å². The summed E-state index contributed by atoms with van der Waals surface area (Å²) in [6.45, 7) is 1.93. The second-order valence-corrected chi connectivity index (χ2v) is 4.83. The molecule has 0 amide bonds. The molecule has 0 spiro atoms. The number of nitrogens with one attached hydrogen (secondary N) is 1. The Hall–Kier alpha value is -1.85. The third-order valence-electron chi connectivity index (χ3n) is 3.65. The summed E-state index contributed by atoms with van der Waals surface area (Å²) in [6, 6.07) is 10.9. The molecule has 2 atom stereocenters. The zero-order chi connectivity index (χ0) is 15.4. The van der Waals surface area contributed by atoms with Crippen molar-refractivity contribution >= 4 is 0 Å². The summed E-state index contributed by atoms with van der Waals surface area (Å²) in [6.07, 6.45) is 0.664. The quantitative estimate of drug-likeness (QED) is 0.500. The van der Waals surface area contributed by atoms with Gasteiger partial charge in [0, 0.05) is 11.5 Å². The maximum Gasteiger partial charge on any atom is 0.194 e. The second kappa shape index (κ2) is 6.74. The summed E-state index contributed by atoms with van der Waals surface area (Å²) in [5.74, 6) is 1.50. The largest absolute Gasteiger partial charge is 0.271 e. The van der Waals surface area contributed by atoms with E-state index in [-0.39, 0.29) is 11.5 Å². The molecule has 0 saturated carbocycles. The van der Waals surface area contributed by atoms with E-state index in [1.54, 1.807) is 0 Å². The first kappa shape index (κ1) is 15.5. The van der Waals surface area contributed by atoms with Gasteiger partial charge in [0.15, 0.2) is 17.5 Å². The summed E-state index contributed by atoms with van der Waals surface area (Å²) < 4.78 is 40.5. The second-order valence-electron chi connectivity index (χ2n) is 4.83. The fourth-order valence-corrected chi connectivity index (χ4v) is 2.57.